The van der Waals surface area contributed by atoms with Crippen molar-refractivity contribution in [1.82, 2.24) is 0 Å². The van der Waals surface area contributed by atoms with Gasteiger partial charge in [-0.2, -0.15) is 0 Å². The number of rotatable bonds is 1. The summed E-state index contributed by atoms with van der Waals surface area (Å²) in [6.45, 7) is 5.74. The lowest BCUT2D eigenvalue weighted by Gasteiger charge is -2.04. The molecule has 4 heteroatoms. The highest BCUT2D eigenvalue weighted by atomic mass is 35.5. The summed E-state index contributed by atoms with van der Waals surface area (Å²) in [7, 11) is 1.25. The Morgan fingerprint density at radius 2 is 1.93 bits per heavy atom. The zero-order valence-corrected chi connectivity index (χ0v) is 10.1. The molecule has 1 aromatic carbocycles. The molecule has 0 heterocycles. The van der Waals surface area contributed by atoms with Gasteiger partial charge in [-0.25, -0.2) is 4.79 Å². The predicted molar refractivity (Wildman–Crippen MR) is 60.5 cm³/mol. The van der Waals surface area contributed by atoms with E-state index in [0.29, 0.717) is 10.6 Å². The molecule has 3 nitrogen and oxygen atoms in total. The molecule has 1 N–H and O–H groups in total. The van der Waals surface area contributed by atoms with Crippen LogP contribution in [0.5, 0.6) is 5.75 Å². The summed E-state index contributed by atoms with van der Waals surface area (Å²) in [4.78, 5) is 11.1. The van der Waals surface area contributed by atoms with Crippen LogP contribution < -0.4 is 0 Å². The van der Waals surface area contributed by atoms with Gasteiger partial charge >= 0.3 is 5.97 Å². The topological polar surface area (TPSA) is 46.5 Å². The van der Waals surface area contributed by atoms with Crippen LogP contribution in [0.25, 0.3) is 0 Å². The first-order valence-electron chi connectivity index (χ1n) is 4.63. The number of carbonyl (C=O) groups is 1. The van der Waals surface area contributed by atoms with Crippen molar-refractivity contribution in [3.05, 3.63) is 28.3 Å². The molecule has 0 aliphatic rings. The second-order valence-corrected chi connectivity index (χ2v) is 3.02. The lowest BCUT2D eigenvalue weighted by molar-refractivity contribution is 0.0597. The lowest BCUT2D eigenvalue weighted by Crippen LogP contribution is -2.01. The van der Waals surface area contributed by atoms with Gasteiger partial charge in [-0.1, -0.05) is 25.4 Å². The highest BCUT2D eigenvalue weighted by molar-refractivity contribution is 6.31. The first-order chi connectivity index (χ1) is 7.06. The van der Waals surface area contributed by atoms with Crippen molar-refractivity contribution in [2.24, 2.45) is 0 Å². The van der Waals surface area contributed by atoms with E-state index in [2.05, 4.69) is 4.74 Å². The number of methoxy groups -OCH3 is 1. The fourth-order valence-electron chi connectivity index (χ4n) is 0.940. The molecule has 0 aromatic heterocycles. The molecular weight excluding hydrogens is 216 g/mol. The van der Waals surface area contributed by atoms with Crippen molar-refractivity contribution in [3.8, 4) is 5.75 Å². The van der Waals surface area contributed by atoms with Gasteiger partial charge in [0.05, 0.1) is 7.11 Å². The summed E-state index contributed by atoms with van der Waals surface area (Å²) in [5.74, 6) is -0.715. The van der Waals surface area contributed by atoms with E-state index >= 15 is 0 Å². The maximum atomic E-state index is 11.1. The number of phenols is 1. The third-order valence-electron chi connectivity index (χ3n) is 1.68. The van der Waals surface area contributed by atoms with Gasteiger partial charge in [-0.05, 0) is 24.6 Å². The number of benzene rings is 1. The molecule has 0 fully saturated rings. The molecule has 0 saturated heterocycles. The molecule has 0 unspecified atom stereocenters. The third-order valence-corrected chi connectivity index (χ3v) is 2.09. The van der Waals surface area contributed by atoms with E-state index in [1.165, 1.54) is 19.2 Å². The molecular formula is C11H15ClO3. The molecule has 0 atom stereocenters. The van der Waals surface area contributed by atoms with E-state index in [1.54, 1.807) is 6.92 Å². The van der Waals surface area contributed by atoms with Crippen LogP contribution in [0.4, 0.5) is 0 Å². The van der Waals surface area contributed by atoms with Crippen molar-refractivity contribution in [2.75, 3.05) is 7.11 Å². The molecule has 15 heavy (non-hydrogen) atoms. The number of hydrogen-bond donors (Lipinski definition) is 1. The van der Waals surface area contributed by atoms with Gasteiger partial charge in [0.1, 0.15) is 11.3 Å². The van der Waals surface area contributed by atoms with E-state index in [-0.39, 0.29) is 11.3 Å². The van der Waals surface area contributed by atoms with Crippen LogP contribution in [0.15, 0.2) is 12.1 Å². The van der Waals surface area contributed by atoms with Gasteiger partial charge in [0.2, 0.25) is 0 Å². The number of ether oxygens (including phenoxy) is 1. The van der Waals surface area contributed by atoms with E-state index in [1.807, 2.05) is 13.8 Å². The van der Waals surface area contributed by atoms with Crippen LogP contribution in [0.2, 0.25) is 5.02 Å². The van der Waals surface area contributed by atoms with E-state index in [9.17, 15) is 9.90 Å². The highest BCUT2D eigenvalue weighted by Crippen LogP contribution is 2.25. The Balaban J connectivity index is 0.000000921. The number of hydrogen-bond acceptors (Lipinski definition) is 3. The smallest absolute Gasteiger partial charge is 0.341 e. The average Bonchev–Trinajstić information content (AvgIpc) is 2.25. The molecule has 0 spiro atoms. The number of phenolic OH excluding ortho intramolecular Hbond substituents is 1. The lowest BCUT2D eigenvalue weighted by atomic mass is 10.1. The molecule has 0 bridgehead atoms. The summed E-state index contributed by atoms with van der Waals surface area (Å²) < 4.78 is 4.45. The third kappa shape index (κ3) is 3.44. The molecule has 0 aliphatic heterocycles. The van der Waals surface area contributed by atoms with Crippen molar-refractivity contribution in [1.29, 1.82) is 0 Å². The minimum absolute atomic E-state index is 0.0816. The zero-order chi connectivity index (χ0) is 12.0. The van der Waals surface area contributed by atoms with E-state index in [4.69, 9.17) is 11.6 Å². The number of esters is 1. The normalized spacial score (nSPS) is 8.87. The fraction of sp³-hybridized carbons (Fsp3) is 0.364. The quantitative estimate of drug-likeness (QED) is 0.754. The average molecular weight is 231 g/mol. The Kier molecular flexibility index (Phi) is 5.79. The van der Waals surface area contributed by atoms with Gasteiger partial charge in [-0.3, -0.25) is 0 Å². The van der Waals surface area contributed by atoms with Gasteiger partial charge < -0.3 is 9.84 Å². The van der Waals surface area contributed by atoms with Crippen molar-refractivity contribution in [2.45, 2.75) is 20.8 Å². The van der Waals surface area contributed by atoms with Gasteiger partial charge in [-0.15, -0.1) is 0 Å². The minimum Gasteiger partial charge on any atom is -0.507 e. The number of aromatic hydroxyl groups is 1. The van der Waals surface area contributed by atoms with Crippen LogP contribution >= 0.6 is 11.6 Å². The predicted octanol–water partition coefficient (Wildman–Crippen LogP) is 3.17. The van der Waals surface area contributed by atoms with Gasteiger partial charge in [0, 0.05) is 5.02 Å². The van der Waals surface area contributed by atoms with Crippen molar-refractivity contribution >= 4 is 17.6 Å². The summed E-state index contributed by atoms with van der Waals surface area (Å²) in [6, 6.07) is 2.81. The minimum atomic E-state index is -0.598. The summed E-state index contributed by atoms with van der Waals surface area (Å²) in [5.41, 5.74) is 0.796. The number of carbonyl (C=O) groups excluding carboxylic acids is 1. The first kappa shape index (κ1) is 13.8. The second kappa shape index (κ2) is 6.30. The van der Waals surface area contributed by atoms with Crippen molar-refractivity contribution in [3.63, 3.8) is 0 Å². The highest BCUT2D eigenvalue weighted by Gasteiger charge is 2.12. The van der Waals surface area contributed by atoms with Crippen LogP contribution in [-0.4, -0.2) is 18.2 Å². The van der Waals surface area contributed by atoms with Crippen LogP contribution in [0, 0.1) is 6.92 Å². The van der Waals surface area contributed by atoms with Crippen molar-refractivity contribution < 1.29 is 14.6 Å². The summed E-state index contributed by atoms with van der Waals surface area (Å²) in [5, 5.41) is 9.79. The second-order valence-electron chi connectivity index (χ2n) is 2.61. The largest absolute Gasteiger partial charge is 0.507 e. The standard InChI is InChI=1S/C9H9ClO3.C2H6/c1-5-3-8(11)6(4-7(5)10)9(12)13-2;1-2/h3-4,11H,1-2H3;1-2H3. The van der Waals surface area contributed by atoms with Gasteiger partial charge in [0.15, 0.2) is 0 Å². The van der Waals surface area contributed by atoms with Crippen LogP contribution in [0.3, 0.4) is 0 Å². The van der Waals surface area contributed by atoms with Gasteiger partial charge in [0.25, 0.3) is 0 Å². The maximum absolute atomic E-state index is 11.1. The Labute approximate surface area is 94.6 Å². The molecule has 0 amide bonds. The number of aryl methyl sites for hydroxylation is 1. The molecule has 0 aliphatic carbocycles. The molecule has 0 radical (unpaired) electrons. The molecule has 1 aromatic rings. The SMILES string of the molecule is CC.COC(=O)c1cc(Cl)c(C)cc1O. The molecule has 0 saturated carbocycles. The Morgan fingerprint density at radius 3 is 2.40 bits per heavy atom. The van der Waals surface area contributed by atoms with E-state index in [0.717, 1.165) is 0 Å². The zero-order valence-electron chi connectivity index (χ0n) is 9.30. The summed E-state index contributed by atoms with van der Waals surface area (Å²) >= 11 is 5.77. The van der Waals surface area contributed by atoms with Crippen LogP contribution in [-0.2, 0) is 4.74 Å². The Bertz CT molecular complexity index is 348. The molecule has 84 valence electrons. The Morgan fingerprint density at radius 1 is 1.40 bits per heavy atom. The number of halogens is 1. The monoisotopic (exact) mass is 230 g/mol. The Hall–Kier alpha value is -1.22. The first-order valence-corrected chi connectivity index (χ1v) is 5.01. The maximum Gasteiger partial charge on any atom is 0.341 e. The fourth-order valence-corrected chi connectivity index (χ4v) is 1.10. The van der Waals surface area contributed by atoms with E-state index < -0.39 is 5.97 Å². The summed E-state index contributed by atoms with van der Waals surface area (Å²) in [6.07, 6.45) is 0. The molecule has 1 rings (SSSR count). The van der Waals surface area contributed by atoms with Crippen LogP contribution in [0.1, 0.15) is 29.8 Å².